The van der Waals surface area contributed by atoms with Crippen LogP contribution in [0, 0.1) is 0 Å². The normalized spacial score (nSPS) is 18.6. The van der Waals surface area contributed by atoms with E-state index in [1.807, 2.05) is 0 Å². The minimum absolute atomic E-state index is 0.0683. The minimum Gasteiger partial charge on any atom is -0.351 e. The fraction of sp³-hybridized carbons (Fsp3) is 0.852. The van der Waals surface area contributed by atoms with Crippen LogP contribution in [-0.4, -0.2) is 48.9 Å². The fourth-order valence-corrected chi connectivity index (χ4v) is 4.68. The molecule has 0 saturated carbocycles. The number of likely N-dealkylation sites (N-methyl/N-ethyl adjacent to an activating group) is 1. The van der Waals surface area contributed by atoms with Crippen molar-refractivity contribution in [3.63, 3.8) is 0 Å². The molecule has 0 saturated heterocycles. The van der Waals surface area contributed by atoms with Crippen LogP contribution in [0.3, 0.4) is 0 Å². The van der Waals surface area contributed by atoms with E-state index in [1.54, 1.807) is 6.92 Å². The second-order valence-corrected chi connectivity index (χ2v) is 9.38. The van der Waals surface area contributed by atoms with Gasteiger partial charge in [-0.05, 0) is 39.0 Å². The Hall–Kier alpha value is -1.16. The highest BCUT2D eigenvalue weighted by Crippen LogP contribution is 2.20. The van der Waals surface area contributed by atoms with Gasteiger partial charge in [-0.1, -0.05) is 76.9 Å². The van der Waals surface area contributed by atoms with Crippen molar-refractivity contribution in [3.05, 3.63) is 12.2 Å². The average molecular weight is 435 g/mol. The molecule has 0 radical (unpaired) electrons. The molecule has 1 aliphatic heterocycles. The van der Waals surface area contributed by atoms with Crippen molar-refractivity contribution in [1.82, 2.24) is 5.32 Å². The zero-order valence-electron chi connectivity index (χ0n) is 21.1. The van der Waals surface area contributed by atoms with Crippen LogP contribution in [0.25, 0.3) is 0 Å². The number of allylic oxidation sites excluding steroid dienone is 2. The number of rotatable bonds is 20. The number of hydrogen-bond donors (Lipinski definition) is 1. The van der Waals surface area contributed by atoms with E-state index in [0.29, 0.717) is 0 Å². The molecule has 4 nitrogen and oxygen atoms in total. The lowest BCUT2D eigenvalue weighted by Gasteiger charge is -2.33. The standard InChI is InChI=1S/C27H51N3O/c1-4-6-7-8-9-10-11-12-13-14-15-16-17-18-19-20-21-27-29-23-25-30(27,5-2)24-22-28-26(3)31/h14-15H,4-13,16-25H2,1-3H3/p+1/b15-14+. The van der Waals surface area contributed by atoms with Crippen molar-refractivity contribution in [1.29, 1.82) is 0 Å². The first-order valence-electron chi connectivity index (χ1n) is 13.4. The maximum Gasteiger partial charge on any atom is 0.217 e. The first-order valence-corrected chi connectivity index (χ1v) is 13.4. The molecular formula is C27H52N3O+. The number of hydrogen-bond acceptors (Lipinski definition) is 2. The smallest absolute Gasteiger partial charge is 0.217 e. The molecule has 0 fully saturated rings. The van der Waals surface area contributed by atoms with E-state index in [4.69, 9.17) is 4.99 Å². The maximum absolute atomic E-state index is 11.2. The molecule has 0 aromatic rings. The first-order chi connectivity index (χ1) is 15.1. The predicted molar refractivity (Wildman–Crippen MR) is 136 cm³/mol. The van der Waals surface area contributed by atoms with Gasteiger partial charge in [0.25, 0.3) is 0 Å². The van der Waals surface area contributed by atoms with Gasteiger partial charge in [-0.15, -0.1) is 0 Å². The van der Waals surface area contributed by atoms with Crippen LogP contribution in [0.4, 0.5) is 0 Å². The Kier molecular flexibility index (Phi) is 16.6. The maximum atomic E-state index is 11.2. The van der Waals surface area contributed by atoms with Crippen LogP contribution < -0.4 is 5.32 Å². The monoisotopic (exact) mass is 434 g/mol. The van der Waals surface area contributed by atoms with E-state index in [-0.39, 0.29) is 5.91 Å². The topological polar surface area (TPSA) is 41.5 Å². The van der Waals surface area contributed by atoms with Crippen LogP contribution >= 0.6 is 0 Å². The van der Waals surface area contributed by atoms with E-state index in [0.717, 1.165) is 43.6 Å². The summed E-state index contributed by atoms with van der Waals surface area (Å²) >= 11 is 0. The summed E-state index contributed by atoms with van der Waals surface area (Å²) in [5.41, 5.74) is 0. The summed E-state index contributed by atoms with van der Waals surface area (Å²) in [6.07, 6.45) is 24.9. The quantitative estimate of drug-likeness (QED) is 0.128. The SMILES string of the molecule is CCCCCCCCCC/C=C/CCCCCCC1=NCC[N+]1(CC)CCNC(C)=O. The molecule has 1 aliphatic rings. The second-order valence-electron chi connectivity index (χ2n) is 9.38. The van der Waals surface area contributed by atoms with Gasteiger partial charge in [0, 0.05) is 13.3 Å². The Morgan fingerprint density at radius 1 is 0.903 bits per heavy atom. The first kappa shape index (κ1) is 27.9. The lowest BCUT2D eigenvalue weighted by Crippen LogP contribution is -2.54. The number of aliphatic imine (C=N–C) groups is 1. The predicted octanol–water partition coefficient (Wildman–Crippen LogP) is 6.80. The van der Waals surface area contributed by atoms with Crippen LogP contribution in [0.5, 0.6) is 0 Å². The number of unbranched alkanes of at least 4 members (excludes halogenated alkanes) is 12. The summed E-state index contributed by atoms with van der Waals surface area (Å²) in [6.45, 7) is 11.0. The van der Waals surface area contributed by atoms with E-state index in [9.17, 15) is 4.79 Å². The molecule has 1 rings (SSSR count). The molecule has 1 unspecified atom stereocenters. The molecular weight excluding hydrogens is 382 g/mol. The zero-order valence-corrected chi connectivity index (χ0v) is 21.1. The van der Waals surface area contributed by atoms with Gasteiger partial charge >= 0.3 is 0 Å². The highest BCUT2D eigenvalue weighted by Gasteiger charge is 2.35. The van der Waals surface area contributed by atoms with Gasteiger partial charge in [0.15, 0.2) is 5.84 Å². The molecule has 0 aromatic carbocycles. The van der Waals surface area contributed by atoms with Crippen molar-refractivity contribution in [2.75, 3.05) is 32.7 Å². The zero-order chi connectivity index (χ0) is 22.6. The molecule has 1 atom stereocenters. The Bertz CT molecular complexity index is 515. The molecule has 1 amide bonds. The van der Waals surface area contributed by atoms with E-state index < -0.39 is 0 Å². The van der Waals surface area contributed by atoms with Crippen molar-refractivity contribution in [3.8, 4) is 0 Å². The summed E-state index contributed by atoms with van der Waals surface area (Å²) in [5.74, 6) is 1.44. The third-order valence-corrected chi connectivity index (χ3v) is 6.80. The summed E-state index contributed by atoms with van der Waals surface area (Å²) in [4.78, 5) is 16.0. The van der Waals surface area contributed by atoms with Crippen molar-refractivity contribution >= 4 is 11.7 Å². The number of nitrogens with zero attached hydrogens (tertiary/aromatic N) is 2. The number of carbonyl (C=O) groups excluding carboxylic acids is 1. The molecule has 0 spiro atoms. The Morgan fingerprint density at radius 3 is 2.06 bits per heavy atom. The Morgan fingerprint density at radius 2 is 1.48 bits per heavy atom. The highest BCUT2D eigenvalue weighted by atomic mass is 16.1. The average Bonchev–Trinajstić information content (AvgIpc) is 3.16. The molecule has 31 heavy (non-hydrogen) atoms. The van der Waals surface area contributed by atoms with Gasteiger partial charge in [-0.2, -0.15) is 0 Å². The summed E-state index contributed by atoms with van der Waals surface area (Å²) in [6, 6.07) is 0. The molecule has 0 bridgehead atoms. The number of amides is 1. The van der Waals surface area contributed by atoms with Crippen LogP contribution in [0.2, 0.25) is 0 Å². The van der Waals surface area contributed by atoms with Crippen molar-refractivity contribution in [2.45, 2.75) is 117 Å². The van der Waals surface area contributed by atoms with Crippen molar-refractivity contribution in [2.24, 2.45) is 4.99 Å². The third kappa shape index (κ3) is 13.1. The largest absolute Gasteiger partial charge is 0.351 e. The molecule has 0 aliphatic carbocycles. The number of carbonyl (C=O) groups is 1. The van der Waals surface area contributed by atoms with Crippen molar-refractivity contribution < 1.29 is 9.28 Å². The van der Waals surface area contributed by atoms with E-state index in [2.05, 4.69) is 31.3 Å². The summed E-state index contributed by atoms with van der Waals surface area (Å²) < 4.78 is 0.988. The number of amidine groups is 1. The molecule has 4 heteroatoms. The molecule has 1 N–H and O–H groups in total. The summed E-state index contributed by atoms with van der Waals surface area (Å²) in [7, 11) is 0. The highest BCUT2D eigenvalue weighted by molar-refractivity contribution is 5.77. The van der Waals surface area contributed by atoms with Gasteiger partial charge in [0.05, 0.1) is 19.6 Å². The Balaban J connectivity index is 2.00. The van der Waals surface area contributed by atoms with Gasteiger partial charge in [0.2, 0.25) is 5.91 Å². The minimum atomic E-state index is 0.0683. The lowest BCUT2D eigenvalue weighted by molar-refractivity contribution is -0.833. The number of nitrogens with one attached hydrogen (secondary N) is 1. The second kappa shape index (κ2) is 18.4. The van der Waals surface area contributed by atoms with Gasteiger partial charge in [0.1, 0.15) is 13.1 Å². The van der Waals surface area contributed by atoms with Gasteiger partial charge in [-0.25, -0.2) is 4.99 Å². The van der Waals surface area contributed by atoms with Gasteiger partial charge < -0.3 is 5.32 Å². The third-order valence-electron chi connectivity index (χ3n) is 6.80. The summed E-state index contributed by atoms with van der Waals surface area (Å²) in [5, 5.41) is 2.96. The fourth-order valence-electron chi connectivity index (χ4n) is 4.68. The number of quaternary nitrogens is 1. The molecule has 0 aromatic heterocycles. The Labute approximate surface area is 193 Å². The van der Waals surface area contributed by atoms with Crippen LogP contribution in [-0.2, 0) is 4.79 Å². The van der Waals surface area contributed by atoms with Crippen LogP contribution in [0.15, 0.2) is 17.1 Å². The lowest BCUT2D eigenvalue weighted by atomic mass is 10.1. The van der Waals surface area contributed by atoms with Gasteiger partial charge in [-0.3, -0.25) is 9.28 Å². The molecule has 180 valence electrons. The van der Waals surface area contributed by atoms with E-state index >= 15 is 0 Å². The van der Waals surface area contributed by atoms with E-state index in [1.165, 1.54) is 95.7 Å². The molecule has 1 heterocycles. The van der Waals surface area contributed by atoms with Crippen LogP contribution in [0.1, 0.15) is 117 Å².